The number of methoxy groups -OCH3 is 1. The van der Waals surface area contributed by atoms with Crippen molar-refractivity contribution in [3.8, 4) is 11.5 Å². The number of aryl methyl sites for hydroxylation is 1. The van der Waals surface area contributed by atoms with Gasteiger partial charge in [0.15, 0.2) is 15.8 Å². The van der Waals surface area contributed by atoms with Crippen LogP contribution in [-0.2, 0) is 4.79 Å². The third-order valence-electron chi connectivity index (χ3n) is 4.50. The molecule has 4 rings (SSSR count). The maximum absolute atomic E-state index is 12.9. The summed E-state index contributed by atoms with van der Waals surface area (Å²) in [5.41, 5.74) is 2.54. The third kappa shape index (κ3) is 4.40. The average Bonchev–Trinajstić information content (AvgIpc) is 3.39. The number of hydrogen-bond acceptors (Lipinski definition) is 7. The molecule has 0 unspecified atom stereocenters. The number of furan rings is 1. The lowest BCUT2D eigenvalue weighted by molar-refractivity contribution is -0.113. The van der Waals surface area contributed by atoms with Gasteiger partial charge < -0.3 is 13.9 Å². The molecule has 2 aromatic carbocycles. The Hall–Kier alpha value is -3.36. The molecule has 1 aliphatic heterocycles. The van der Waals surface area contributed by atoms with Crippen molar-refractivity contribution >= 4 is 51.9 Å². The summed E-state index contributed by atoms with van der Waals surface area (Å²) in [6.07, 6.45) is 3.12. The summed E-state index contributed by atoms with van der Waals surface area (Å²) in [6.45, 7) is 1.98. The van der Waals surface area contributed by atoms with Crippen molar-refractivity contribution in [2.75, 3.05) is 12.0 Å². The molecule has 3 aromatic rings. The normalized spacial score (nSPS) is 14.9. The van der Waals surface area contributed by atoms with Crippen LogP contribution in [0.2, 0.25) is 0 Å². The minimum absolute atomic E-state index is 0.0888. The lowest BCUT2D eigenvalue weighted by Gasteiger charge is -2.14. The maximum atomic E-state index is 12.9. The fourth-order valence-electron chi connectivity index (χ4n) is 2.94. The molecule has 1 amide bonds. The van der Waals surface area contributed by atoms with Gasteiger partial charge >= 0.3 is 5.97 Å². The molecule has 0 radical (unpaired) electrons. The number of thioether (sulfide) groups is 1. The first kappa shape index (κ1) is 20.9. The molecule has 1 aliphatic rings. The first-order valence-electron chi connectivity index (χ1n) is 9.24. The number of carbonyl (C=O) groups is 2. The summed E-state index contributed by atoms with van der Waals surface area (Å²) in [5, 5.41) is 0. The fourth-order valence-corrected chi connectivity index (χ4v) is 4.24. The van der Waals surface area contributed by atoms with Crippen LogP contribution in [0.15, 0.2) is 70.2 Å². The van der Waals surface area contributed by atoms with E-state index in [9.17, 15) is 9.59 Å². The van der Waals surface area contributed by atoms with E-state index >= 15 is 0 Å². The van der Waals surface area contributed by atoms with Gasteiger partial charge in [-0.1, -0.05) is 47.7 Å². The van der Waals surface area contributed by atoms with Crippen molar-refractivity contribution in [3.05, 3.63) is 82.7 Å². The van der Waals surface area contributed by atoms with Crippen LogP contribution in [0.3, 0.4) is 0 Å². The average molecular weight is 452 g/mol. The molecule has 0 atom stereocenters. The highest BCUT2D eigenvalue weighted by atomic mass is 32.2. The van der Waals surface area contributed by atoms with Gasteiger partial charge in [0.2, 0.25) is 5.76 Å². The van der Waals surface area contributed by atoms with E-state index in [2.05, 4.69) is 0 Å². The van der Waals surface area contributed by atoms with Crippen molar-refractivity contribution in [3.63, 3.8) is 0 Å². The standard InChI is InChI=1S/C23H17NO5S2/c1-14-5-8-16(9-6-14)24-21(25)20(31-23(24)30)13-15-7-10-17(19(12-15)27-2)29-22(26)18-4-3-11-28-18/h3-13H,1-2H3. The molecule has 1 saturated heterocycles. The second-order valence-electron chi connectivity index (χ2n) is 6.63. The molecule has 0 bridgehead atoms. The number of amides is 1. The Morgan fingerprint density at radius 1 is 1.13 bits per heavy atom. The van der Waals surface area contributed by atoms with Gasteiger partial charge in [-0.3, -0.25) is 9.69 Å². The highest BCUT2D eigenvalue weighted by Gasteiger charge is 2.33. The summed E-state index contributed by atoms with van der Waals surface area (Å²) in [4.78, 5) is 27.1. The molecule has 31 heavy (non-hydrogen) atoms. The molecule has 156 valence electrons. The molecule has 8 heteroatoms. The number of ether oxygens (including phenoxy) is 2. The number of rotatable bonds is 5. The predicted molar refractivity (Wildman–Crippen MR) is 123 cm³/mol. The Morgan fingerprint density at radius 3 is 2.58 bits per heavy atom. The Balaban J connectivity index is 1.57. The zero-order valence-electron chi connectivity index (χ0n) is 16.7. The fraction of sp³-hybridized carbons (Fsp3) is 0.0870. The van der Waals surface area contributed by atoms with Crippen molar-refractivity contribution in [2.24, 2.45) is 0 Å². The Bertz CT molecular complexity index is 1180. The Kier molecular flexibility index (Phi) is 5.92. The monoisotopic (exact) mass is 451 g/mol. The predicted octanol–water partition coefficient (Wildman–Crippen LogP) is 5.22. The number of anilines is 1. The SMILES string of the molecule is COc1cc(C=C2SC(=S)N(c3ccc(C)cc3)C2=O)ccc1OC(=O)c1ccco1. The van der Waals surface area contributed by atoms with Gasteiger partial charge in [0.1, 0.15) is 0 Å². The third-order valence-corrected chi connectivity index (χ3v) is 5.80. The first-order chi connectivity index (χ1) is 15.0. The summed E-state index contributed by atoms with van der Waals surface area (Å²) >= 11 is 6.65. The number of carbonyl (C=O) groups excluding carboxylic acids is 2. The van der Waals surface area contributed by atoms with Gasteiger partial charge in [0.25, 0.3) is 5.91 Å². The van der Waals surface area contributed by atoms with E-state index in [4.69, 9.17) is 26.1 Å². The first-order valence-corrected chi connectivity index (χ1v) is 10.5. The van der Waals surface area contributed by atoms with Crippen molar-refractivity contribution in [1.82, 2.24) is 0 Å². The zero-order valence-corrected chi connectivity index (χ0v) is 18.3. The number of hydrogen-bond donors (Lipinski definition) is 0. The van der Waals surface area contributed by atoms with Crippen molar-refractivity contribution < 1.29 is 23.5 Å². The van der Waals surface area contributed by atoms with Crippen LogP contribution in [0, 0.1) is 6.92 Å². The maximum Gasteiger partial charge on any atom is 0.379 e. The molecule has 0 saturated carbocycles. The molecular weight excluding hydrogens is 434 g/mol. The highest BCUT2D eigenvalue weighted by molar-refractivity contribution is 8.27. The molecule has 2 heterocycles. The summed E-state index contributed by atoms with van der Waals surface area (Å²) < 4.78 is 16.2. The van der Waals surface area contributed by atoms with E-state index in [0.717, 1.165) is 11.3 Å². The van der Waals surface area contributed by atoms with Crippen LogP contribution in [-0.4, -0.2) is 23.3 Å². The van der Waals surface area contributed by atoms with E-state index < -0.39 is 5.97 Å². The van der Waals surface area contributed by atoms with E-state index in [1.54, 1.807) is 30.3 Å². The molecule has 0 aliphatic carbocycles. The number of nitrogens with zero attached hydrogens (tertiary/aromatic N) is 1. The van der Waals surface area contributed by atoms with Gasteiger partial charge in [-0.05, 0) is 55.0 Å². The van der Waals surface area contributed by atoms with Crippen molar-refractivity contribution in [1.29, 1.82) is 0 Å². The molecule has 0 spiro atoms. The minimum Gasteiger partial charge on any atom is -0.493 e. The minimum atomic E-state index is -0.630. The number of benzene rings is 2. The Labute approximate surface area is 188 Å². The largest absolute Gasteiger partial charge is 0.493 e. The summed E-state index contributed by atoms with van der Waals surface area (Å²) in [7, 11) is 1.47. The van der Waals surface area contributed by atoms with Crippen LogP contribution in [0.1, 0.15) is 21.7 Å². The second kappa shape index (κ2) is 8.79. The van der Waals surface area contributed by atoms with Gasteiger partial charge in [-0.2, -0.15) is 0 Å². The lowest BCUT2D eigenvalue weighted by atomic mass is 10.1. The summed E-state index contributed by atoms with van der Waals surface area (Å²) in [5.74, 6) is -0.136. The van der Waals surface area contributed by atoms with E-state index in [-0.39, 0.29) is 17.4 Å². The molecule has 1 aromatic heterocycles. The smallest absolute Gasteiger partial charge is 0.379 e. The van der Waals surface area contributed by atoms with Crippen LogP contribution >= 0.6 is 24.0 Å². The van der Waals surface area contributed by atoms with Crippen LogP contribution in [0.25, 0.3) is 6.08 Å². The van der Waals surface area contributed by atoms with Crippen LogP contribution in [0.4, 0.5) is 5.69 Å². The molecule has 0 N–H and O–H groups in total. The highest BCUT2D eigenvalue weighted by Crippen LogP contribution is 2.37. The zero-order chi connectivity index (χ0) is 22.0. The number of esters is 1. The van der Waals surface area contributed by atoms with Gasteiger partial charge in [0, 0.05) is 0 Å². The van der Waals surface area contributed by atoms with Crippen molar-refractivity contribution in [2.45, 2.75) is 6.92 Å². The van der Waals surface area contributed by atoms with Gasteiger partial charge in [-0.25, -0.2) is 4.79 Å². The lowest BCUT2D eigenvalue weighted by Crippen LogP contribution is -2.27. The van der Waals surface area contributed by atoms with E-state index in [1.165, 1.54) is 36.1 Å². The summed E-state index contributed by atoms with van der Waals surface area (Å²) in [6, 6.07) is 15.7. The number of thiocarbonyl (C=S) groups is 1. The van der Waals surface area contributed by atoms with Gasteiger partial charge in [0.05, 0.1) is 24.0 Å². The molecule has 6 nitrogen and oxygen atoms in total. The second-order valence-corrected chi connectivity index (χ2v) is 8.31. The quantitative estimate of drug-likeness (QED) is 0.228. The topological polar surface area (TPSA) is 69.0 Å². The van der Waals surface area contributed by atoms with Crippen LogP contribution in [0.5, 0.6) is 11.5 Å². The van der Waals surface area contributed by atoms with Gasteiger partial charge in [-0.15, -0.1) is 0 Å². The van der Waals surface area contributed by atoms with Crippen LogP contribution < -0.4 is 14.4 Å². The van der Waals surface area contributed by atoms with E-state index in [1.807, 2.05) is 31.2 Å². The van der Waals surface area contributed by atoms with E-state index in [0.29, 0.717) is 20.5 Å². The molecule has 1 fully saturated rings. The Morgan fingerprint density at radius 2 is 1.90 bits per heavy atom. The molecular formula is C23H17NO5S2.